The number of hydrogen-bond donors (Lipinski definition) is 2. The highest BCUT2D eigenvalue weighted by atomic mass is 35.5. The number of rotatable bonds is 6. The first-order chi connectivity index (χ1) is 12.9. The molecule has 27 heavy (non-hydrogen) atoms. The van der Waals surface area contributed by atoms with Crippen LogP contribution in [0.3, 0.4) is 0 Å². The summed E-state index contributed by atoms with van der Waals surface area (Å²) in [7, 11) is 1.60. The number of hydrogen-bond acceptors (Lipinski definition) is 6. The molecular formula is C18H18ClN5O2S. The summed E-state index contributed by atoms with van der Waals surface area (Å²) in [6.45, 7) is 1.83. The van der Waals surface area contributed by atoms with Crippen molar-refractivity contribution in [3.05, 3.63) is 63.4 Å². The third kappa shape index (κ3) is 4.12. The fourth-order valence-corrected chi connectivity index (χ4v) is 2.85. The monoisotopic (exact) mass is 403 g/mol. The SMILES string of the molecule is COc1ccc(Nn2c(N)nn(CC(=O)c3ccc(C)c(Cl)c3)c2=S)cc1. The quantitative estimate of drug-likeness (QED) is 0.481. The number of nitrogens with two attached hydrogens (primary N) is 1. The van der Waals surface area contributed by atoms with Gasteiger partial charge in [-0.2, -0.15) is 4.68 Å². The fraction of sp³-hybridized carbons (Fsp3) is 0.167. The summed E-state index contributed by atoms with van der Waals surface area (Å²) in [5.41, 5.74) is 11.1. The van der Waals surface area contributed by atoms with E-state index in [2.05, 4.69) is 10.5 Å². The molecule has 0 atom stereocenters. The number of benzene rings is 2. The lowest BCUT2D eigenvalue weighted by Crippen LogP contribution is -2.14. The molecule has 0 bridgehead atoms. The number of nitrogens with zero attached hydrogens (tertiary/aromatic N) is 3. The second-order valence-electron chi connectivity index (χ2n) is 5.86. The molecule has 3 aromatic rings. The van der Waals surface area contributed by atoms with Crippen molar-refractivity contribution in [2.75, 3.05) is 18.3 Å². The van der Waals surface area contributed by atoms with Crippen LogP contribution in [0.15, 0.2) is 42.5 Å². The zero-order valence-electron chi connectivity index (χ0n) is 14.8. The summed E-state index contributed by atoms with van der Waals surface area (Å²) in [5, 5.41) is 4.70. The number of carbonyl (C=O) groups excluding carboxylic acids is 1. The standard InChI is InChI=1S/C18H18ClN5O2S/c1-11-3-4-12(9-15(11)19)16(25)10-23-18(27)24(17(20)22-23)21-13-5-7-14(26-2)8-6-13/h3-9,21H,10H2,1-2H3,(H2,20,22). The van der Waals surface area contributed by atoms with Gasteiger partial charge in [0.1, 0.15) is 12.3 Å². The lowest BCUT2D eigenvalue weighted by atomic mass is 10.1. The van der Waals surface area contributed by atoms with E-state index >= 15 is 0 Å². The maximum absolute atomic E-state index is 12.5. The third-order valence-corrected chi connectivity index (χ3v) is 4.78. The van der Waals surface area contributed by atoms with Crippen molar-refractivity contribution < 1.29 is 9.53 Å². The van der Waals surface area contributed by atoms with Gasteiger partial charge in [0, 0.05) is 10.6 Å². The van der Waals surface area contributed by atoms with Crippen molar-refractivity contribution in [2.24, 2.45) is 0 Å². The molecule has 0 saturated heterocycles. The normalized spacial score (nSPS) is 10.6. The van der Waals surface area contributed by atoms with Gasteiger partial charge < -0.3 is 10.5 Å². The topological polar surface area (TPSA) is 87.1 Å². The second kappa shape index (κ2) is 7.81. The van der Waals surface area contributed by atoms with Crippen LogP contribution in [0.25, 0.3) is 0 Å². The van der Waals surface area contributed by atoms with E-state index in [9.17, 15) is 4.79 Å². The molecule has 3 N–H and O–H groups in total. The minimum absolute atomic E-state index is 0.0419. The van der Waals surface area contributed by atoms with E-state index in [0.29, 0.717) is 10.6 Å². The number of nitrogen functional groups attached to an aromatic ring is 1. The van der Waals surface area contributed by atoms with Crippen molar-refractivity contribution in [1.82, 2.24) is 14.5 Å². The Morgan fingerprint density at radius 3 is 2.63 bits per heavy atom. The van der Waals surface area contributed by atoms with Crippen LogP contribution in [-0.4, -0.2) is 27.3 Å². The largest absolute Gasteiger partial charge is 0.497 e. The summed E-state index contributed by atoms with van der Waals surface area (Å²) in [4.78, 5) is 12.5. The first-order valence-electron chi connectivity index (χ1n) is 8.05. The molecule has 0 radical (unpaired) electrons. The Hall–Kier alpha value is -2.84. The first kappa shape index (κ1) is 18.9. The van der Waals surface area contributed by atoms with Crippen molar-refractivity contribution in [2.45, 2.75) is 13.5 Å². The van der Waals surface area contributed by atoms with Crippen LogP contribution in [0.2, 0.25) is 5.02 Å². The van der Waals surface area contributed by atoms with Gasteiger partial charge >= 0.3 is 0 Å². The molecule has 0 spiro atoms. The molecule has 0 saturated carbocycles. The van der Waals surface area contributed by atoms with Gasteiger partial charge in [-0.15, -0.1) is 5.10 Å². The van der Waals surface area contributed by atoms with Gasteiger partial charge in [-0.25, -0.2) is 4.68 Å². The van der Waals surface area contributed by atoms with Gasteiger partial charge in [0.25, 0.3) is 0 Å². The number of halogens is 1. The number of methoxy groups -OCH3 is 1. The summed E-state index contributed by atoms with van der Waals surface area (Å²) in [6, 6.07) is 12.4. The van der Waals surface area contributed by atoms with Crippen molar-refractivity contribution in [3.63, 3.8) is 0 Å². The summed E-state index contributed by atoms with van der Waals surface area (Å²) in [6.07, 6.45) is 0. The molecule has 7 nitrogen and oxygen atoms in total. The number of Topliss-reactive ketones (excluding diaryl/α,β-unsaturated/α-hetero) is 1. The van der Waals surface area contributed by atoms with Crippen LogP contribution < -0.4 is 15.9 Å². The highest BCUT2D eigenvalue weighted by Gasteiger charge is 2.14. The molecule has 140 valence electrons. The molecule has 0 fully saturated rings. The smallest absolute Gasteiger partial charge is 0.240 e. The van der Waals surface area contributed by atoms with Crippen molar-refractivity contribution in [1.29, 1.82) is 0 Å². The summed E-state index contributed by atoms with van der Waals surface area (Å²) >= 11 is 11.5. The summed E-state index contributed by atoms with van der Waals surface area (Å²) in [5.74, 6) is 0.711. The van der Waals surface area contributed by atoms with Crippen molar-refractivity contribution >= 4 is 41.2 Å². The number of aryl methyl sites for hydroxylation is 1. The molecule has 1 aromatic heterocycles. The molecule has 2 aromatic carbocycles. The van der Waals surface area contributed by atoms with Gasteiger partial charge in [0.15, 0.2) is 5.78 Å². The maximum atomic E-state index is 12.5. The van der Waals surface area contributed by atoms with Gasteiger partial charge in [0.2, 0.25) is 10.7 Å². The van der Waals surface area contributed by atoms with E-state index in [1.165, 1.54) is 9.36 Å². The van der Waals surface area contributed by atoms with E-state index < -0.39 is 0 Å². The van der Waals surface area contributed by atoms with Gasteiger partial charge in [0.05, 0.1) is 12.8 Å². The van der Waals surface area contributed by atoms with Gasteiger partial charge in [-0.05, 0) is 55.0 Å². The Bertz CT molecular complexity index is 1040. The summed E-state index contributed by atoms with van der Waals surface area (Å²) < 4.78 is 8.21. The average Bonchev–Trinajstić information content (AvgIpc) is 2.92. The predicted octanol–water partition coefficient (Wildman–Crippen LogP) is 3.72. The Balaban J connectivity index is 1.81. The lowest BCUT2D eigenvalue weighted by Gasteiger charge is -2.08. The Kier molecular flexibility index (Phi) is 5.48. The zero-order valence-corrected chi connectivity index (χ0v) is 16.3. The number of ether oxygens (including phenoxy) is 1. The molecule has 0 aliphatic rings. The van der Waals surface area contributed by atoms with Crippen molar-refractivity contribution in [3.8, 4) is 5.75 Å². The molecule has 3 rings (SSSR count). The van der Waals surface area contributed by atoms with Gasteiger partial charge in [-0.3, -0.25) is 10.2 Å². The Labute approximate surface area is 166 Å². The molecule has 9 heteroatoms. The Morgan fingerprint density at radius 1 is 1.30 bits per heavy atom. The number of nitrogens with one attached hydrogen (secondary N) is 1. The Morgan fingerprint density at radius 2 is 2.00 bits per heavy atom. The van der Waals surface area contributed by atoms with E-state index in [-0.39, 0.29) is 23.0 Å². The van der Waals surface area contributed by atoms with Crippen LogP contribution in [0.1, 0.15) is 15.9 Å². The minimum Gasteiger partial charge on any atom is -0.497 e. The third-order valence-electron chi connectivity index (χ3n) is 3.98. The van der Waals surface area contributed by atoms with E-state index in [1.807, 2.05) is 19.1 Å². The average molecular weight is 404 g/mol. The number of carbonyl (C=O) groups is 1. The molecule has 1 heterocycles. The maximum Gasteiger partial charge on any atom is 0.240 e. The van der Waals surface area contributed by atoms with Crippen LogP contribution in [-0.2, 0) is 6.54 Å². The lowest BCUT2D eigenvalue weighted by molar-refractivity contribution is 0.0967. The molecule has 0 aliphatic heterocycles. The van der Waals surface area contributed by atoms with Crippen LogP contribution >= 0.6 is 23.8 Å². The van der Waals surface area contributed by atoms with E-state index in [1.54, 1.807) is 37.4 Å². The zero-order chi connectivity index (χ0) is 19.6. The number of ketones is 1. The molecule has 0 amide bonds. The minimum atomic E-state index is -0.165. The second-order valence-corrected chi connectivity index (χ2v) is 6.63. The predicted molar refractivity (Wildman–Crippen MR) is 108 cm³/mol. The first-order valence-corrected chi connectivity index (χ1v) is 8.83. The van der Waals surface area contributed by atoms with Crippen LogP contribution in [0.4, 0.5) is 11.6 Å². The number of anilines is 2. The molecule has 0 unspecified atom stereocenters. The van der Waals surface area contributed by atoms with Crippen LogP contribution in [0, 0.1) is 11.7 Å². The van der Waals surface area contributed by atoms with Gasteiger partial charge in [-0.1, -0.05) is 23.7 Å². The van der Waals surface area contributed by atoms with E-state index in [4.69, 9.17) is 34.3 Å². The highest BCUT2D eigenvalue weighted by Crippen LogP contribution is 2.18. The molecule has 0 aliphatic carbocycles. The van der Waals surface area contributed by atoms with Crippen LogP contribution in [0.5, 0.6) is 5.75 Å². The fourth-order valence-electron chi connectivity index (χ4n) is 2.42. The van der Waals surface area contributed by atoms with E-state index in [0.717, 1.165) is 17.0 Å². The number of aromatic nitrogens is 3. The highest BCUT2D eigenvalue weighted by molar-refractivity contribution is 7.71. The molecular weight excluding hydrogens is 386 g/mol.